The molecule has 0 saturated carbocycles. The lowest BCUT2D eigenvalue weighted by Gasteiger charge is -2.34. The van der Waals surface area contributed by atoms with E-state index in [1.807, 2.05) is 18.2 Å². The van der Waals surface area contributed by atoms with Crippen molar-refractivity contribution >= 4 is 22.9 Å². The average molecular weight is 337 g/mol. The van der Waals surface area contributed by atoms with Crippen LogP contribution in [-0.4, -0.2) is 52.7 Å². The van der Waals surface area contributed by atoms with E-state index in [1.54, 1.807) is 29.1 Å². The molecule has 1 saturated heterocycles. The molecule has 0 spiro atoms. The first-order valence-electron chi connectivity index (χ1n) is 8.35. The van der Waals surface area contributed by atoms with Gasteiger partial charge >= 0.3 is 0 Å². The summed E-state index contributed by atoms with van der Waals surface area (Å²) in [6.45, 7) is 7.54. The highest BCUT2D eigenvalue weighted by molar-refractivity contribution is 5.74. The van der Waals surface area contributed by atoms with Gasteiger partial charge in [0.05, 0.1) is 11.4 Å². The zero-order chi connectivity index (χ0) is 17.4. The Labute approximate surface area is 146 Å². The third-order valence-electron chi connectivity index (χ3n) is 4.68. The third kappa shape index (κ3) is 2.89. The zero-order valence-corrected chi connectivity index (χ0v) is 14.2. The van der Waals surface area contributed by atoms with Gasteiger partial charge in [0, 0.05) is 31.9 Å². The largest absolute Gasteiger partial charge is 0.369 e. The van der Waals surface area contributed by atoms with Crippen molar-refractivity contribution in [2.45, 2.75) is 0 Å². The summed E-state index contributed by atoms with van der Waals surface area (Å²) >= 11 is 0. The zero-order valence-electron chi connectivity index (χ0n) is 14.2. The number of hydrogen-bond acceptors (Lipinski definition) is 4. The maximum absolute atomic E-state index is 14.8. The normalized spacial score (nSPS) is 15.7. The summed E-state index contributed by atoms with van der Waals surface area (Å²) in [6, 6.07) is 9.08. The Balaban J connectivity index is 1.70. The minimum atomic E-state index is -0.276. The molecule has 5 nitrogen and oxygen atoms in total. The number of pyridine rings is 1. The highest BCUT2D eigenvalue weighted by Crippen LogP contribution is 2.25. The van der Waals surface area contributed by atoms with Gasteiger partial charge in [-0.3, -0.25) is 4.57 Å². The molecule has 0 amide bonds. The summed E-state index contributed by atoms with van der Waals surface area (Å²) in [5, 5.41) is 0. The summed E-state index contributed by atoms with van der Waals surface area (Å²) in [7, 11) is 2.11. The van der Waals surface area contributed by atoms with Crippen LogP contribution in [0.3, 0.4) is 0 Å². The Morgan fingerprint density at radius 2 is 1.92 bits per heavy atom. The van der Waals surface area contributed by atoms with E-state index >= 15 is 0 Å². The minimum Gasteiger partial charge on any atom is -0.369 e. The van der Waals surface area contributed by atoms with Crippen LogP contribution >= 0.6 is 0 Å². The molecule has 1 aromatic carbocycles. The first-order valence-corrected chi connectivity index (χ1v) is 8.35. The molecule has 0 aliphatic carbocycles. The molecule has 1 aliphatic rings. The number of piperazine rings is 1. The van der Waals surface area contributed by atoms with E-state index in [0.29, 0.717) is 11.3 Å². The molecule has 1 aliphatic heterocycles. The highest BCUT2D eigenvalue weighted by Gasteiger charge is 2.17. The molecular formula is C19H20FN5. The van der Waals surface area contributed by atoms with Gasteiger partial charge < -0.3 is 9.80 Å². The maximum Gasteiger partial charge on any atom is 0.165 e. The average Bonchev–Trinajstić information content (AvgIpc) is 3.05. The van der Waals surface area contributed by atoms with E-state index in [-0.39, 0.29) is 5.82 Å². The second-order valence-corrected chi connectivity index (χ2v) is 6.32. The monoisotopic (exact) mass is 337 g/mol. The van der Waals surface area contributed by atoms with Crippen molar-refractivity contribution in [2.24, 2.45) is 0 Å². The predicted molar refractivity (Wildman–Crippen MR) is 98.6 cm³/mol. The third-order valence-corrected chi connectivity index (χ3v) is 4.68. The summed E-state index contributed by atoms with van der Waals surface area (Å²) in [4.78, 5) is 13.3. The minimum absolute atomic E-state index is 0.276. The van der Waals surface area contributed by atoms with Gasteiger partial charge in [0.2, 0.25) is 0 Å². The van der Waals surface area contributed by atoms with Crippen LogP contribution in [0, 0.1) is 5.82 Å². The number of anilines is 1. The summed E-state index contributed by atoms with van der Waals surface area (Å²) in [6.07, 6.45) is 3.28. The molecule has 0 unspecified atom stereocenters. The standard InChI is InChI=1S/C19H20FN5/c1-3-14-4-6-17-19(22-14)25(13-21-17)18-7-5-15(12-16(18)20)24-10-8-23(2)9-11-24/h3-7,12-13H,1,8-11H2,2H3. The second-order valence-electron chi connectivity index (χ2n) is 6.32. The van der Waals surface area contributed by atoms with Crippen LogP contribution < -0.4 is 4.90 Å². The quantitative estimate of drug-likeness (QED) is 0.736. The highest BCUT2D eigenvalue weighted by atomic mass is 19.1. The van der Waals surface area contributed by atoms with Crippen LogP contribution in [0.5, 0.6) is 0 Å². The lowest BCUT2D eigenvalue weighted by Crippen LogP contribution is -2.44. The van der Waals surface area contributed by atoms with Crippen molar-refractivity contribution in [1.29, 1.82) is 0 Å². The van der Waals surface area contributed by atoms with Crippen molar-refractivity contribution in [3.8, 4) is 5.69 Å². The van der Waals surface area contributed by atoms with Gasteiger partial charge in [0.1, 0.15) is 17.7 Å². The number of nitrogens with zero attached hydrogens (tertiary/aromatic N) is 5. The number of hydrogen-bond donors (Lipinski definition) is 0. The van der Waals surface area contributed by atoms with Crippen LogP contribution in [0.4, 0.5) is 10.1 Å². The molecule has 128 valence electrons. The number of halogens is 1. The fraction of sp³-hybridized carbons (Fsp3) is 0.263. The SMILES string of the molecule is C=Cc1ccc2ncn(-c3ccc(N4CCN(C)CC4)cc3F)c2n1. The van der Waals surface area contributed by atoms with E-state index in [2.05, 4.69) is 33.4 Å². The van der Waals surface area contributed by atoms with Crippen molar-refractivity contribution < 1.29 is 4.39 Å². The van der Waals surface area contributed by atoms with Gasteiger partial charge in [-0.25, -0.2) is 14.4 Å². The number of aromatic nitrogens is 3. The molecule has 0 N–H and O–H groups in total. The smallest absolute Gasteiger partial charge is 0.165 e. The Hall–Kier alpha value is -2.73. The first kappa shape index (κ1) is 15.8. The van der Waals surface area contributed by atoms with Gasteiger partial charge in [0.15, 0.2) is 5.65 Å². The molecule has 0 radical (unpaired) electrons. The summed E-state index contributed by atoms with van der Waals surface area (Å²) < 4.78 is 16.5. The molecule has 4 rings (SSSR count). The molecular weight excluding hydrogens is 317 g/mol. The van der Waals surface area contributed by atoms with Crippen LogP contribution in [0.1, 0.15) is 5.69 Å². The maximum atomic E-state index is 14.8. The number of benzene rings is 1. The molecule has 0 bridgehead atoms. The fourth-order valence-electron chi connectivity index (χ4n) is 3.15. The van der Waals surface area contributed by atoms with Crippen molar-refractivity contribution in [1.82, 2.24) is 19.4 Å². The van der Waals surface area contributed by atoms with E-state index in [4.69, 9.17) is 0 Å². The lowest BCUT2D eigenvalue weighted by molar-refractivity contribution is 0.313. The molecule has 3 aromatic rings. The molecule has 6 heteroatoms. The number of fused-ring (bicyclic) bond motifs is 1. The Morgan fingerprint density at radius 3 is 2.64 bits per heavy atom. The second kappa shape index (κ2) is 6.29. The molecule has 3 heterocycles. The van der Waals surface area contributed by atoms with Crippen molar-refractivity contribution in [3.63, 3.8) is 0 Å². The van der Waals surface area contributed by atoms with Crippen LogP contribution in [0.2, 0.25) is 0 Å². The van der Waals surface area contributed by atoms with E-state index < -0.39 is 0 Å². The van der Waals surface area contributed by atoms with E-state index in [9.17, 15) is 4.39 Å². The van der Waals surface area contributed by atoms with Gasteiger partial charge in [0.25, 0.3) is 0 Å². The van der Waals surface area contributed by atoms with Crippen LogP contribution in [0.25, 0.3) is 22.9 Å². The molecule has 0 atom stereocenters. The van der Waals surface area contributed by atoms with Gasteiger partial charge in [-0.2, -0.15) is 0 Å². The molecule has 1 fully saturated rings. The lowest BCUT2D eigenvalue weighted by atomic mass is 10.2. The number of likely N-dealkylation sites (N-methyl/N-ethyl adjacent to an activating group) is 1. The summed E-state index contributed by atoms with van der Waals surface area (Å²) in [5.74, 6) is -0.276. The Kier molecular flexibility index (Phi) is 3.97. The molecule has 25 heavy (non-hydrogen) atoms. The van der Waals surface area contributed by atoms with Crippen LogP contribution in [0.15, 0.2) is 43.2 Å². The number of rotatable bonds is 3. The Bertz CT molecular complexity index is 925. The van der Waals surface area contributed by atoms with Gasteiger partial charge in [-0.1, -0.05) is 6.58 Å². The Morgan fingerprint density at radius 1 is 1.12 bits per heavy atom. The van der Waals surface area contributed by atoms with E-state index in [0.717, 1.165) is 43.1 Å². The topological polar surface area (TPSA) is 37.2 Å². The first-order chi connectivity index (χ1) is 12.2. The summed E-state index contributed by atoms with van der Waals surface area (Å²) in [5.41, 5.74) is 3.47. The van der Waals surface area contributed by atoms with Gasteiger partial charge in [-0.15, -0.1) is 0 Å². The fourth-order valence-corrected chi connectivity index (χ4v) is 3.15. The van der Waals surface area contributed by atoms with Gasteiger partial charge in [-0.05, 0) is 43.5 Å². The predicted octanol–water partition coefficient (Wildman–Crippen LogP) is 2.95. The van der Waals surface area contributed by atoms with Crippen molar-refractivity contribution in [3.05, 3.63) is 54.7 Å². The number of imidazole rings is 1. The molecule has 2 aromatic heterocycles. The van der Waals surface area contributed by atoms with E-state index in [1.165, 1.54) is 0 Å². The van der Waals surface area contributed by atoms with Crippen molar-refractivity contribution in [2.75, 3.05) is 38.1 Å². The van der Waals surface area contributed by atoms with Crippen LogP contribution in [-0.2, 0) is 0 Å².